The Morgan fingerprint density at radius 2 is 2.24 bits per heavy atom. The quantitative estimate of drug-likeness (QED) is 0.841. The summed E-state index contributed by atoms with van der Waals surface area (Å²) < 4.78 is 12.1. The molecule has 3 nitrogen and oxygen atoms in total. The molecule has 0 saturated carbocycles. The summed E-state index contributed by atoms with van der Waals surface area (Å²) >= 11 is 1.63. The van der Waals surface area contributed by atoms with E-state index in [1.165, 1.54) is 5.56 Å². The second-order valence-electron chi connectivity index (χ2n) is 4.89. The molecule has 0 aliphatic rings. The van der Waals surface area contributed by atoms with Crippen molar-refractivity contribution in [3.8, 4) is 0 Å². The summed E-state index contributed by atoms with van der Waals surface area (Å²) in [5.41, 5.74) is 3.38. The van der Waals surface area contributed by atoms with Gasteiger partial charge in [0.25, 0.3) is 0 Å². The van der Waals surface area contributed by atoms with Crippen LogP contribution >= 0.6 is 11.3 Å². The van der Waals surface area contributed by atoms with E-state index in [4.69, 9.17) is 0 Å². The van der Waals surface area contributed by atoms with Gasteiger partial charge in [0.2, 0.25) is 0 Å². The normalized spacial score (nSPS) is 11.9. The van der Waals surface area contributed by atoms with Crippen molar-refractivity contribution in [2.24, 2.45) is 0 Å². The first-order chi connectivity index (χ1) is 10.2. The highest BCUT2D eigenvalue weighted by Crippen LogP contribution is 2.21. The molecule has 1 aromatic heterocycles. The lowest BCUT2D eigenvalue weighted by Gasteiger charge is -2.19. The predicted octanol–water partition coefficient (Wildman–Crippen LogP) is 3.61. The highest BCUT2D eigenvalue weighted by Gasteiger charge is 2.15. The SMILES string of the molecule is Cc1cccc(C(Cc2ccsc2)NC(=O)NCCF)c1. The Labute approximate surface area is 128 Å². The monoisotopic (exact) mass is 306 g/mol. The number of carbonyl (C=O) groups excluding carboxylic acids is 1. The first-order valence-corrected chi connectivity index (χ1v) is 7.81. The molecule has 1 atom stereocenters. The van der Waals surface area contributed by atoms with Gasteiger partial charge in [0.15, 0.2) is 0 Å². The van der Waals surface area contributed by atoms with Crippen LogP contribution in [0.3, 0.4) is 0 Å². The van der Waals surface area contributed by atoms with E-state index in [0.29, 0.717) is 0 Å². The van der Waals surface area contributed by atoms with E-state index in [2.05, 4.69) is 28.1 Å². The summed E-state index contributed by atoms with van der Waals surface area (Å²) in [4.78, 5) is 11.8. The van der Waals surface area contributed by atoms with Crippen LogP contribution in [0.5, 0.6) is 0 Å². The molecule has 21 heavy (non-hydrogen) atoms. The molecule has 1 heterocycles. The van der Waals surface area contributed by atoms with Crippen LogP contribution in [0.4, 0.5) is 9.18 Å². The summed E-state index contributed by atoms with van der Waals surface area (Å²) in [6, 6.07) is 9.65. The van der Waals surface area contributed by atoms with Gasteiger partial charge < -0.3 is 10.6 Å². The Kier molecular flexibility index (Phi) is 5.75. The number of aryl methyl sites for hydroxylation is 1. The standard InChI is InChI=1S/C16H19FN2OS/c1-12-3-2-4-14(9-12)15(10-13-5-8-21-11-13)19-16(20)18-7-6-17/h2-5,8-9,11,15H,6-7,10H2,1H3,(H2,18,19,20). The number of hydrogen-bond donors (Lipinski definition) is 2. The van der Waals surface area contributed by atoms with Gasteiger partial charge in [-0.1, -0.05) is 29.8 Å². The largest absolute Gasteiger partial charge is 0.336 e. The van der Waals surface area contributed by atoms with Crippen LogP contribution in [0.25, 0.3) is 0 Å². The van der Waals surface area contributed by atoms with Crippen molar-refractivity contribution in [3.63, 3.8) is 0 Å². The number of thiophene rings is 1. The molecule has 2 N–H and O–H groups in total. The second-order valence-corrected chi connectivity index (χ2v) is 5.67. The minimum absolute atomic E-state index is 0.0326. The first kappa shape index (κ1) is 15.5. The van der Waals surface area contributed by atoms with Crippen molar-refractivity contribution in [1.82, 2.24) is 10.6 Å². The maximum Gasteiger partial charge on any atom is 0.315 e. The zero-order valence-corrected chi connectivity index (χ0v) is 12.8. The molecule has 1 unspecified atom stereocenters. The number of urea groups is 1. The molecule has 0 bridgehead atoms. The fourth-order valence-corrected chi connectivity index (χ4v) is 2.84. The number of benzene rings is 1. The van der Waals surface area contributed by atoms with Gasteiger partial charge in [-0.3, -0.25) is 0 Å². The number of amides is 2. The summed E-state index contributed by atoms with van der Waals surface area (Å²) in [6.07, 6.45) is 0.718. The van der Waals surface area contributed by atoms with Crippen LogP contribution in [0.15, 0.2) is 41.1 Å². The smallest absolute Gasteiger partial charge is 0.315 e. The predicted molar refractivity (Wildman–Crippen MR) is 84.5 cm³/mol. The third-order valence-electron chi connectivity index (χ3n) is 3.15. The van der Waals surface area contributed by atoms with Crippen molar-refractivity contribution < 1.29 is 9.18 Å². The molecule has 0 saturated heterocycles. The molecule has 0 spiro atoms. The first-order valence-electron chi connectivity index (χ1n) is 6.87. The molecule has 0 fully saturated rings. The lowest BCUT2D eigenvalue weighted by molar-refractivity contribution is 0.236. The third-order valence-corrected chi connectivity index (χ3v) is 3.88. The summed E-state index contributed by atoms with van der Waals surface area (Å²) in [6.45, 7) is 1.49. The molecule has 0 aliphatic heterocycles. The summed E-state index contributed by atoms with van der Waals surface area (Å²) in [5.74, 6) is 0. The zero-order chi connectivity index (χ0) is 15.1. The van der Waals surface area contributed by atoms with Gasteiger partial charge >= 0.3 is 6.03 Å². The molecule has 0 aliphatic carbocycles. The second kappa shape index (κ2) is 7.78. The number of alkyl halides is 1. The maximum atomic E-state index is 12.1. The van der Waals surface area contributed by atoms with Gasteiger partial charge in [-0.2, -0.15) is 11.3 Å². The molecular formula is C16H19FN2OS. The van der Waals surface area contributed by atoms with Crippen molar-refractivity contribution >= 4 is 17.4 Å². The Morgan fingerprint density at radius 1 is 1.38 bits per heavy atom. The van der Waals surface area contributed by atoms with Gasteiger partial charge in [0, 0.05) is 6.54 Å². The van der Waals surface area contributed by atoms with E-state index in [9.17, 15) is 9.18 Å². The number of rotatable bonds is 6. The summed E-state index contributed by atoms with van der Waals surface area (Å²) in [5, 5.41) is 9.52. The van der Waals surface area contributed by atoms with Gasteiger partial charge in [-0.25, -0.2) is 9.18 Å². The third kappa shape index (κ3) is 4.86. The van der Waals surface area contributed by atoms with Crippen molar-refractivity contribution in [2.75, 3.05) is 13.2 Å². The zero-order valence-electron chi connectivity index (χ0n) is 11.9. The van der Waals surface area contributed by atoms with Gasteiger partial charge in [0.05, 0.1) is 6.04 Å². The molecule has 112 valence electrons. The average Bonchev–Trinajstić information content (AvgIpc) is 2.97. The van der Waals surface area contributed by atoms with E-state index in [0.717, 1.165) is 17.5 Å². The molecule has 5 heteroatoms. The minimum atomic E-state index is -0.562. The topological polar surface area (TPSA) is 41.1 Å². The van der Waals surface area contributed by atoms with E-state index < -0.39 is 6.67 Å². The molecule has 2 amide bonds. The van der Waals surface area contributed by atoms with E-state index in [-0.39, 0.29) is 18.6 Å². The number of hydrogen-bond acceptors (Lipinski definition) is 2. The lowest BCUT2D eigenvalue weighted by Crippen LogP contribution is -2.39. The fraction of sp³-hybridized carbons (Fsp3) is 0.312. The molecular weight excluding hydrogens is 287 g/mol. The molecule has 2 aromatic rings. The minimum Gasteiger partial charge on any atom is -0.336 e. The Bertz CT molecular complexity index is 571. The number of carbonyl (C=O) groups is 1. The van der Waals surface area contributed by atoms with Gasteiger partial charge in [-0.15, -0.1) is 0 Å². The van der Waals surface area contributed by atoms with Crippen LogP contribution < -0.4 is 10.6 Å². The van der Waals surface area contributed by atoms with Crippen LogP contribution in [0, 0.1) is 6.92 Å². The number of nitrogens with one attached hydrogen (secondary N) is 2. The van der Waals surface area contributed by atoms with Crippen LogP contribution in [-0.2, 0) is 6.42 Å². The summed E-state index contributed by atoms with van der Waals surface area (Å²) in [7, 11) is 0. The Morgan fingerprint density at radius 3 is 2.90 bits per heavy atom. The van der Waals surface area contributed by atoms with Crippen LogP contribution in [-0.4, -0.2) is 19.3 Å². The van der Waals surface area contributed by atoms with Crippen molar-refractivity contribution in [2.45, 2.75) is 19.4 Å². The van der Waals surface area contributed by atoms with E-state index >= 15 is 0 Å². The Hall–Kier alpha value is -1.88. The van der Waals surface area contributed by atoms with Crippen LogP contribution in [0.2, 0.25) is 0 Å². The maximum absolute atomic E-state index is 12.1. The molecule has 1 aromatic carbocycles. The van der Waals surface area contributed by atoms with E-state index in [1.54, 1.807) is 11.3 Å². The Balaban J connectivity index is 2.12. The highest BCUT2D eigenvalue weighted by molar-refractivity contribution is 7.07. The van der Waals surface area contributed by atoms with E-state index in [1.807, 2.05) is 30.5 Å². The number of halogens is 1. The van der Waals surface area contributed by atoms with Crippen LogP contribution in [0.1, 0.15) is 22.7 Å². The van der Waals surface area contributed by atoms with Crippen molar-refractivity contribution in [3.05, 3.63) is 57.8 Å². The average molecular weight is 306 g/mol. The highest BCUT2D eigenvalue weighted by atomic mass is 32.1. The molecule has 2 rings (SSSR count). The van der Waals surface area contributed by atoms with Gasteiger partial charge in [-0.05, 0) is 41.3 Å². The molecule has 0 radical (unpaired) electrons. The fourth-order valence-electron chi connectivity index (χ4n) is 2.15. The lowest BCUT2D eigenvalue weighted by atomic mass is 9.99. The van der Waals surface area contributed by atoms with Gasteiger partial charge in [0.1, 0.15) is 6.67 Å². The van der Waals surface area contributed by atoms with Crippen molar-refractivity contribution in [1.29, 1.82) is 0 Å².